The molecular weight excluding hydrogens is 442 g/mol. The minimum Gasteiger partial charge on any atom is -0.375 e. The summed E-state index contributed by atoms with van der Waals surface area (Å²) in [5, 5.41) is 2.99. The minimum atomic E-state index is -0.250. The van der Waals surface area contributed by atoms with Gasteiger partial charge >= 0.3 is 5.69 Å². The number of anilines is 1. The van der Waals surface area contributed by atoms with Crippen LogP contribution < -0.4 is 11.0 Å². The molecule has 2 aliphatic rings. The average Bonchev–Trinajstić information content (AvgIpc) is 3.24. The number of piperidine rings is 1. The van der Waals surface area contributed by atoms with E-state index in [0.717, 1.165) is 64.0 Å². The van der Waals surface area contributed by atoms with Gasteiger partial charge in [0.2, 0.25) is 5.91 Å². The first-order chi connectivity index (χ1) is 17.0. The largest absolute Gasteiger partial charge is 0.375 e. The highest BCUT2D eigenvalue weighted by molar-refractivity contribution is 5.94. The number of hydrogen-bond acceptors (Lipinski definition) is 5. The standard InChI is InChI=1S/C27H35N5O3/c1-2-32(19-25(33)28-21-8-9-23-24(16-21)30-26(34)29-23)22-10-15-35-27(17-22)11-13-31(14-12-27)18-20-6-4-3-5-7-20/h3-9,16,22H,2,10-15,17-19H2,1H3,(H,28,33)(H2,29,30,34)/t22-/m1/s1. The Morgan fingerprint density at radius 3 is 2.69 bits per heavy atom. The first kappa shape index (κ1) is 23.8. The van der Waals surface area contributed by atoms with Gasteiger partial charge in [0.1, 0.15) is 0 Å². The molecule has 2 aliphatic heterocycles. The molecule has 8 nitrogen and oxygen atoms in total. The maximum atomic E-state index is 12.9. The zero-order valence-electron chi connectivity index (χ0n) is 20.4. The molecule has 1 spiro atoms. The Labute approximate surface area is 205 Å². The van der Waals surface area contributed by atoms with Crippen molar-refractivity contribution in [2.75, 3.05) is 38.1 Å². The monoisotopic (exact) mass is 477 g/mol. The number of likely N-dealkylation sites (tertiary alicyclic amines) is 1. The van der Waals surface area contributed by atoms with Gasteiger partial charge in [-0.3, -0.25) is 14.6 Å². The number of hydrogen-bond donors (Lipinski definition) is 3. The van der Waals surface area contributed by atoms with Crippen molar-refractivity contribution in [2.24, 2.45) is 0 Å². The molecule has 1 aromatic heterocycles. The number of aromatic nitrogens is 2. The number of H-pyrrole nitrogens is 2. The number of benzene rings is 2. The summed E-state index contributed by atoms with van der Waals surface area (Å²) in [6.07, 6.45) is 4.00. The molecule has 1 amide bonds. The van der Waals surface area contributed by atoms with Gasteiger partial charge in [-0.15, -0.1) is 0 Å². The van der Waals surface area contributed by atoms with Crippen LogP contribution in [0.5, 0.6) is 0 Å². The lowest BCUT2D eigenvalue weighted by molar-refractivity contribution is -0.137. The molecule has 2 saturated heterocycles. The Balaban J connectivity index is 1.16. The summed E-state index contributed by atoms with van der Waals surface area (Å²) in [5.41, 5.74) is 3.13. The summed E-state index contributed by atoms with van der Waals surface area (Å²) in [5.74, 6) is -0.0395. The number of carbonyl (C=O) groups is 1. The fourth-order valence-electron chi connectivity index (χ4n) is 5.62. The van der Waals surface area contributed by atoms with Gasteiger partial charge in [-0.1, -0.05) is 37.3 Å². The lowest BCUT2D eigenvalue weighted by Crippen LogP contribution is -2.54. The van der Waals surface area contributed by atoms with E-state index in [1.807, 2.05) is 6.07 Å². The number of nitrogens with zero attached hydrogens (tertiary/aromatic N) is 2. The predicted molar refractivity (Wildman–Crippen MR) is 137 cm³/mol. The van der Waals surface area contributed by atoms with Crippen molar-refractivity contribution < 1.29 is 9.53 Å². The number of aromatic amines is 2. The van der Waals surface area contributed by atoms with Crippen molar-refractivity contribution >= 4 is 22.6 Å². The van der Waals surface area contributed by atoms with Crippen LogP contribution >= 0.6 is 0 Å². The number of carbonyl (C=O) groups excluding carboxylic acids is 1. The molecule has 0 radical (unpaired) electrons. The van der Waals surface area contributed by atoms with Gasteiger partial charge in [-0.2, -0.15) is 0 Å². The van der Waals surface area contributed by atoms with Crippen LogP contribution in [0.3, 0.4) is 0 Å². The van der Waals surface area contributed by atoms with E-state index < -0.39 is 0 Å². The molecule has 2 fully saturated rings. The van der Waals surface area contributed by atoms with Crippen molar-refractivity contribution in [3.8, 4) is 0 Å². The highest BCUT2D eigenvalue weighted by atomic mass is 16.5. The van der Waals surface area contributed by atoms with E-state index in [2.05, 4.69) is 62.3 Å². The fourth-order valence-corrected chi connectivity index (χ4v) is 5.62. The number of fused-ring (bicyclic) bond motifs is 1. The highest BCUT2D eigenvalue weighted by Crippen LogP contribution is 2.37. The Bertz CT molecular complexity index is 1200. The first-order valence-corrected chi connectivity index (χ1v) is 12.7. The van der Waals surface area contributed by atoms with E-state index in [1.54, 1.807) is 12.1 Å². The first-order valence-electron chi connectivity index (χ1n) is 12.7. The smallest absolute Gasteiger partial charge is 0.323 e. The summed E-state index contributed by atoms with van der Waals surface area (Å²) in [4.78, 5) is 34.6. The van der Waals surface area contributed by atoms with Crippen LogP contribution in [0.1, 0.15) is 38.2 Å². The molecule has 1 atom stereocenters. The molecule has 0 aliphatic carbocycles. The van der Waals surface area contributed by atoms with Crippen LogP contribution in [0.4, 0.5) is 5.69 Å². The van der Waals surface area contributed by atoms with Gasteiger partial charge in [0, 0.05) is 38.0 Å². The van der Waals surface area contributed by atoms with E-state index >= 15 is 0 Å². The third kappa shape index (κ3) is 5.66. The number of likely N-dealkylation sites (N-methyl/N-ethyl adjacent to an activating group) is 1. The molecule has 3 aromatic rings. The van der Waals surface area contributed by atoms with E-state index in [9.17, 15) is 9.59 Å². The van der Waals surface area contributed by atoms with Crippen molar-refractivity contribution in [2.45, 2.75) is 50.8 Å². The van der Waals surface area contributed by atoms with Gasteiger partial charge in [0.05, 0.1) is 23.2 Å². The second kappa shape index (κ2) is 10.4. The molecule has 5 rings (SSSR count). The number of imidazole rings is 1. The molecule has 3 heterocycles. The minimum absolute atomic E-state index is 0.0395. The fraction of sp³-hybridized carbons (Fsp3) is 0.481. The summed E-state index contributed by atoms with van der Waals surface area (Å²) >= 11 is 0. The van der Waals surface area contributed by atoms with E-state index in [1.165, 1.54) is 5.56 Å². The molecule has 2 aromatic carbocycles. The third-order valence-electron chi connectivity index (χ3n) is 7.55. The zero-order valence-corrected chi connectivity index (χ0v) is 20.4. The van der Waals surface area contributed by atoms with Crippen LogP contribution in [0, 0.1) is 0 Å². The van der Waals surface area contributed by atoms with Gasteiger partial charge in [0.25, 0.3) is 0 Å². The van der Waals surface area contributed by atoms with Gasteiger partial charge in [-0.05, 0) is 56.0 Å². The lowest BCUT2D eigenvalue weighted by atomic mass is 9.81. The van der Waals surface area contributed by atoms with Crippen LogP contribution in [-0.4, -0.2) is 70.1 Å². The molecule has 186 valence electrons. The van der Waals surface area contributed by atoms with Crippen LogP contribution in [0.2, 0.25) is 0 Å². The second-order valence-corrected chi connectivity index (χ2v) is 9.89. The summed E-state index contributed by atoms with van der Waals surface area (Å²) < 4.78 is 6.39. The van der Waals surface area contributed by atoms with Crippen LogP contribution in [-0.2, 0) is 16.1 Å². The number of nitrogens with one attached hydrogen (secondary N) is 3. The van der Waals surface area contributed by atoms with Gasteiger partial charge < -0.3 is 20.0 Å². The summed E-state index contributed by atoms with van der Waals surface area (Å²) in [6.45, 7) is 7.10. The SMILES string of the molecule is CCN(CC(=O)Nc1ccc2[nH]c(=O)[nH]c2c1)[C@@H]1CCOC2(CCN(Cc3ccccc3)CC2)C1. The topological polar surface area (TPSA) is 93.5 Å². The van der Waals surface area contributed by atoms with Crippen LogP contribution in [0.15, 0.2) is 53.3 Å². The molecule has 3 N–H and O–H groups in total. The van der Waals surface area contributed by atoms with E-state index in [4.69, 9.17) is 4.74 Å². The Hall–Kier alpha value is -2.94. The molecule has 35 heavy (non-hydrogen) atoms. The van der Waals surface area contributed by atoms with Crippen LogP contribution in [0.25, 0.3) is 11.0 Å². The Morgan fingerprint density at radius 1 is 1.14 bits per heavy atom. The number of amides is 1. The Kier molecular flexibility index (Phi) is 7.04. The van der Waals surface area contributed by atoms with E-state index in [-0.39, 0.29) is 17.2 Å². The van der Waals surface area contributed by atoms with E-state index in [0.29, 0.717) is 23.8 Å². The molecule has 8 heteroatoms. The van der Waals surface area contributed by atoms with Gasteiger partial charge in [0.15, 0.2) is 0 Å². The quantitative estimate of drug-likeness (QED) is 0.485. The van der Waals surface area contributed by atoms with Gasteiger partial charge in [-0.25, -0.2) is 4.79 Å². The molecule has 0 unspecified atom stereocenters. The number of ether oxygens (including phenoxy) is 1. The average molecular weight is 478 g/mol. The summed E-state index contributed by atoms with van der Waals surface area (Å²) in [6, 6.07) is 16.4. The van der Waals surface area contributed by atoms with Crippen molar-refractivity contribution in [3.05, 3.63) is 64.6 Å². The third-order valence-corrected chi connectivity index (χ3v) is 7.55. The normalized spacial score (nSPS) is 20.5. The highest BCUT2D eigenvalue weighted by Gasteiger charge is 2.41. The maximum absolute atomic E-state index is 12.9. The number of rotatable bonds is 7. The van der Waals surface area contributed by atoms with Crippen molar-refractivity contribution in [3.63, 3.8) is 0 Å². The molecule has 0 saturated carbocycles. The Morgan fingerprint density at radius 2 is 1.91 bits per heavy atom. The zero-order chi connectivity index (χ0) is 24.3. The summed E-state index contributed by atoms with van der Waals surface area (Å²) in [7, 11) is 0. The molecular formula is C27H35N5O3. The lowest BCUT2D eigenvalue weighted by Gasteiger charge is -2.48. The predicted octanol–water partition coefficient (Wildman–Crippen LogP) is 3.33. The van der Waals surface area contributed by atoms with Crippen molar-refractivity contribution in [1.82, 2.24) is 19.8 Å². The second-order valence-electron chi connectivity index (χ2n) is 9.89. The molecule has 0 bridgehead atoms. The maximum Gasteiger partial charge on any atom is 0.323 e. The van der Waals surface area contributed by atoms with Crippen molar-refractivity contribution in [1.29, 1.82) is 0 Å².